The first-order valence-electron chi connectivity index (χ1n) is 7.44. The SMILES string of the molecule is CCCN1C(=O)C(=O)N(CC(=O)NCc2ccccc2C)C1=O. The Morgan fingerprint density at radius 1 is 1.09 bits per heavy atom. The number of carbonyl (C=O) groups excluding carboxylic acids is 4. The number of urea groups is 1. The van der Waals surface area contributed by atoms with Crippen molar-refractivity contribution in [3.8, 4) is 0 Å². The molecule has 2 rings (SSSR count). The molecule has 0 aliphatic carbocycles. The minimum Gasteiger partial charge on any atom is -0.350 e. The van der Waals surface area contributed by atoms with E-state index in [1.165, 1.54) is 0 Å². The average molecular weight is 317 g/mol. The minimum absolute atomic E-state index is 0.171. The van der Waals surface area contributed by atoms with E-state index in [0.717, 1.165) is 16.0 Å². The molecule has 1 N–H and O–H groups in total. The van der Waals surface area contributed by atoms with Crippen LogP contribution in [0.2, 0.25) is 0 Å². The Morgan fingerprint density at radius 3 is 2.39 bits per heavy atom. The Morgan fingerprint density at radius 2 is 1.74 bits per heavy atom. The summed E-state index contributed by atoms with van der Waals surface area (Å²) >= 11 is 0. The molecular weight excluding hydrogens is 298 g/mol. The Labute approximate surface area is 134 Å². The number of nitrogens with zero attached hydrogens (tertiary/aromatic N) is 2. The number of amides is 5. The molecule has 7 nitrogen and oxygen atoms in total. The molecule has 23 heavy (non-hydrogen) atoms. The highest BCUT2D eigenvalue weighted by Gasteiger charge is 2.44. The molecule has 1 aromatic carbocycles. The van der Waals surface area contributed by atoms with E-state index < -0.39 is 30.3 Å². The molecule has 7 heteroatoms. The van der Waals surface area contributed by atoms with Crippen molar-refractivity contribution in [2.24, 2.45) is 0 Å². The summed E-state index contributed by atoms with van der Waals surface area (Å²) in [5, 5.41) is 2.65. The maximum Gasteiger partial charge on any atom is 0.334 e. The predicted molar refractivity (Wildman–Crippen MR) is 82.1 cm³/mol. The lowest BCUT2D eigenvalue weighted by molar-refractivity contribution is -0.144. The number of imide groups is 2. The molecule has 0 radical (unpaired) electrons. The standard InChI is InChI=1S/C16H19N3O4/c1-3-8-18-14(21)15(22)19(16(18)23)10-13(20)17-9-12-7-5-4-6-11(12)2/h4-7H,3,8-10H2,1-2H3,(H,17,20). The van der Waals surface area contributed by atoms with Gasteiger partial charge in [0, 0.05) is 13.1 Å². The van der Waals surface area contributed by atoms with Crippen LogP contribution >= 0.6 is 0 Å². The summed E-state index contributed by atoms with van der Waals surface area (Å²) in [7, 11) is 0. The first-order valence-corrected chi connectivity index (χ1v) is 7.44. The lowest BCUT2D eigenvalue weighted by atomic mass is 10.1. The van der Waals surface area contributed by atoms with Crippen molar-refractivity contribution in [1.82, 2.24) is 15.1 Å². The molecule has 0 spiro atoms. The topological polar surface area (TPSA) is 86.8 Å². The van der Waals surface area contributed by atoms with Crippen LogP contribution < -0.4 is 5.32 Å². The Bertz CT molecular complexity index is 656. The zero-order valence-electron chi connectivity index (χ0n) is 13.2. The first-order chi connectivity index (χ1) is 11.0. The van der Waals surface area contributed by atoms with E-state index in [2.05, 4.69) is 5.32 Å². The molecular formula is C16H19N3O4. The molecule has 5 amide bonds. The molecule has 1 aliphatic heterocycles. The lowest BCUT2D eigenvalue weighted by Gasteiger charge is -2.15. The van der Waals surface area contributed by atoms with Crippen LogP contribution in [0.1, 0.15) is 24.5 Å². The number of hydrogen-bond acceptors (Lipinski definition) is 4. The first kappa shape index (κ1) is 16.7. The molecule has 0 bridgehead atoms. The molecule has 1 saturated heterocycles. The van der Waals surface area contributed by atoms with Crippen LogP contribution in [0.3, 0.4) is 0 Å². The predicted octanol–water partition coefficient (Wildman–Crippen LogP) is 0.812. The fourth-order valence-corrected chi connectivity index (χ4v) is 2.31. The van der Waals surface area contributed by atoms with Crippen LogP contribution in [0, 0.1) is 6.92 Å². The summed E-state index contributed by atoms with van der Waals surface area (Å²) in [5.74, 6) is -2.31. The quantitative estimate of drug-likeness (QED) is 0.621. The van der Waals surface area contributed by atoms with Crippen molar-refractivity contribution in [1.29, 1.82) is 0 Å². The average Bonchev–Trinajstić information content (AvgIpc) is 2.72. The fourth-order valence-electron chi connectivity index (χ4n) is 2.31. The van der Waals surface area contributed by atoms with E-state index in [1.54, 1.807) is 6.92 Å². The van der Waals surface area contributed by atoms with E-state index in [4.69, 9.17) is 0 Å². The molecule has 0 atom stereocenters. The van der Waals surface area contributed by atoms with Gasteiger partial charge in [0.05, 0.1) is 0 Å². The maximum atomic E-state index is 12.0. The summed E-state index contributed by atoms with van der Waals surface area (Å²) in [6.07, 6.45) is 0.554. The highest BCUT2D eigenvalue weighted by atomic mass is 16.2. The zero-order valence-corrected chi connectivity index (χ0v) is 13.2. The molecule has 1 heterocycles. The van der Waals surface area contributed by atoms with E-state index in [9.17, 15) is 19.2 Å². The van der Waals surface area contributed by atoms with Crippen LogP contribution in [0.4, 0.5) is 4.79 Å². The van der Waals surface area contributed by atoms with Gasteiger partial charge >= 0.3 is 17.8 Å². The van der Waals surface area contributed by atoms with Crippen molar-refractivity contribution in [2.75, 3.05) is 13.1 Å². The molecule has 1 aromatic rings. The van der Waals surface area contributed by atoms with E-state index in [-0.39, 0.29) is 6.54 Å². The van der Waals surface area contributed by atoms with Crippen LogP contribution in [-0.4, -0.2) is 46.6 Å². The van der Waals surface area contributed by atoms with Gasteiger partial charge in [-0.3, -0.25) is 19.3 Å². The fraction of sp³-hybridized carbons (Fsp3) is 0.375. The number of hydrogen-bond donors (Lipinski definition) is 1. The summed E-state index contributed by atoms with van der Waals surface area (Å²) in [6.45, 7) is 3.74. The molecule has 1 aliphatic rings. The lowest BCUT2D eigenvalue weighted by Crippen LogP contribution is -2.41. The smallest absolute Gasteiger partial charge is 0.334 e. The second-order valence-electron chi connectivity index (χ2n) is 5.33. The van der Waals surface area contributed by atoms with Crippen molar-refractivity contribution in [2.45, 2.75) is 26.8 Å². The number of nitrogens with one attached hydrogen (secondary N) is 1. The van der Waals surface area contributed by atoms with E-state index in [0.29, 0.717) is 17.9 Å². The second-order valence-corrected chi connectivity index (χ2v) is 5.33. The summed E-state index contributed by atoms with van der Waals surface area (Å²) in [4.78, 5) is 49.0. The van der Waals surface area contributed by atoms with Crippen LogP contribution in [-0.2, 0) is 20.9 Å². The highest BCUT2D eigenvalue weighted by Crippen LogP contribution is 2.12. The summed E-state index contributed by atoms with van der Waals surface area (Å²) in [5.41, 5.74) is 1.98. The van der Waals surface area contributed by atoms with Gasteiger partial charge in [-0.15, -0.1) is 0 Å². The number of carbonyl (C=O) groups is 4. The number of benzene rings is 1. The molecule has 122 valence electrons. The van der Waals surface area contributed by atoms with Gasteiger partial charge in [0.1, 0.15) is 6.54 Å². The van der Waals surface area contributed by atoms with Gasteiger partial charge < -0.3 is 5.32 Å². The normalized spacial score (nSPS) is 14.6. The van der Waals surface area contributed by atoms with Gasteiger partial charge in [-0.25, -0.2) is 9.69 Å². The minimum atomic E-state index is -0.950. The number of rotatable bonds is 6. The second kappa shape index (κ2) is 7.04. The van der Waals surface area contributed by atoms with Gasteiger partial charge in [-0.2, -0.15) is 0 Å². The zero-order chi connectivity index (χ0) is 17.0. The highest BCUT2D eigenvalue weighted by molar-refractivity contribution is 6.45. The third-order valence-corrected chi connectivity index (χ3v) is 3.62. The molecule has 0 saturated carbocycles. The van der Waals surface area contributed by atoms with Crippen molar-refractivity contribution in [3.63, 3.8) is 0 Å². The molecule has 0 aromatic heterocycles. The monoisotopic (exact) mass is 317 g/mol. The van der Waals surface area contributed by atoms with Crippen LogP contribution in [0.25, 0.3) is 0 Å². The Hall–Kier alpha value is -2.70. The Balaban J connectivity index is 1.95. The molecule has 0 unspecified atom stereocenters. The van der Waals surface area contributed by atoms with Crippen molar-refractivity contribution in [3.05, 3.63) is 35.4 Å². The van der Waals surface area contributed by atoms with Gasteiger partial charge in [-0.1, -0.05) is 31.2 Å². The van der Waals surface area contributed by atoms with Crippen molar-refractivity contribution >= 4 is 23.8 Å². The van der Waals surface area contributed by atoms with Crippen LogP contribution in [0.15, 0.2) is 24.3 Å². The van der Waals surface area contributed by atoms with Crippen LogP contribution in [0.5, 0.6) is 0 Å². The van der Waals surface area contributed by atoms with Gasteiger partial charge in [0.15, 0.2) is 0 Å². The van der Waals surface area contributed by atoms with Gasteiger partial charge in [0.2, 0.25) is 5.91 Å². The third-order valence-electron chi connectivity index (χ3n) is 3.62. The summed E-state index contributed by atoms with van der Waals surface area (Å²) < 4.78 is 0. The van der Waals surface area contributed by atoms with E-state index in [1.807, 2.05) is 31.2 Å². The van der Waals surface area contributed by atoms with Crippen molar-refractivity contribution < 1.29 is 19.2 Å². The van der Waals surface area contributed by atoms with E-state index >= 15 is 0 Å². The van der Waals surface area contributed by atoms with Gasteiger partial charge in [-0.05, 0) is 24.5 Å². The largest absolute Gasteiger partial charge is 0.350 e. The summed E-state index contributed by atoms with van der Waals surface area (Å²) in [6, 6.07) is 6.84. The molecule has 1 fully saturated rings. The van der Waals surface area contributed by atoms with Gasteiger partial charge in [0.25, 0.3) is 0 Å². The number of aryl methyl sites for hydroxylation is 1. The third kappa shape index (κ3) is 3.56. The maximum absolute atomic E-state index is 12.0. The Kier molecular flexibility index (Phi) is 5.10.